The Morgan fingerprint density at radius 2 is 1.88 bits per heavy atom. The lowest BCUT2D eigenvalue weighted by molar-refractivity contribution is -0.137. The number of nitrogens with one attached hydrogen (secondary N) is 1. The average Bonchev–Trinajstić information content (AvgIpc) is 2.51. The van der Waals surface area contributed by atoms with Crippen LogP contribution in [0.3, 0.4) is 0 Å². The monoisotopic (exact) mass is 356 g/mol. The van der Waals surface area contributed by atoms with Crippen LogP contribution < -0.4 is 5.32 Å². The van der Waals surface area contributed by atoms with Crippen LogP contribution in [0, 0.1) is 5.92 Å². The first-order chi connectivity index (χ1) is 11.1. The maximum absolute atomic E-state index is 12.5. The molecule has 8 heteroatoms. The zero-order valence-corrected chi connectivity index (χ0v) is 15.1. The molecule has 1 atom stereocenters. The number of carboxylic acids is 1. The Bertz CT molecular complexity index is 700. The van der Waals surface area contributed by atoms with Crippen LogP contribution in [0.2, 0.25) is 0 Å². The summed E-state index contributed by atoms with van der Waals surface area (Å²) >= 11 is 0. The van der Waals surface area contributed by atoms with Crippen molar-refractivity contribution in [2.75, 3.05) is 13.6 Å². The van der Waals surface area contributed by atoms with Crippen molar-refractivity contribution in [2.45, 2.75) is 38.1 Å². The maximum Gasteiger partial charge on any atom is 0.303 e. The summed E-state index contributed by atoms with van der Waals surface area (Å²) in [4.78, 5) is 22.8. The lowest BCUT2D eigenvalue weighted by Gasteiger charge is -2.21. The number of rotatable bonds is 8. The van der Waals surface area contributed by atoms with Crippen LogP contribution in [0.15, 0.2) is 29.2 Å². The van der Waals surface area contributed by atoms with Crippen LogP contribution >= 0.6 is 0 Å². The quantitative estimate of drug-likeness (QED) is 0.735. The number of carbonyl (C=O) groups is 2. The van der Waals surface area contributed by atoms with E-state index in [-0.39, 0.29) is 35.4 Å². The van der Waals surface area contributed by atoms with E-state index < -0.39 is 21.9 Å². The van der Waals surface area contributed by atoms with Crippen LogP contribution in [0.25, 0.3) is 0 Å². The molecule has 1 rings (SSSR count). The maximum atomic E-state index is 12.5. The van der Waals surface area contributed by atoms with Gasteiger partial charge in [-0.25, -0.2) is 8.42 Å². The number of amides is 1. The molecule has 0 aliphatic rings. The summed E-state index contributed by atoms with van der Waals surface area (Å²) in [5.74, 6) is -1.58. The average molecular weight is 356 g/mol. The van der Waals surface area contributed by atoms with Crippen molar-refractivity contribution in [1.29, 1.82) is 0 Å². The molecule has 0 aliphatic carbocycles. The van der Waals surface area contributed by atoms with E-state index in [1.165, 1.54) is 35.6 Å². The molecule has 0 heterocycles. The highest BCUT2D eigenvalue weighted by molar-refractivity contribution is 7.89. The molecule has 0 saturated heterocycles. The Morgan fingerprint density at radius 3 is 2.42 bits per heavy atom. The van der Waals surface area contributed by atoms with Crippen LogP contribution in [-0.2, 0) is 14.8 Å². The largest absolute Gasteiger partial charge is 0.481 e. The van der Waals surface area contributed by atoms with Gasteiger partial charge >= 0.3 is 5.97 Å². The van der Waals surface area contributed by atoms with Gasteiger partial charge in [-0.3, -0.25) is 9.59 Å². The van der Waals surface area contributed by atoms with Gasteiger partial charge in [0, 0.05) is 31.6 Å². The summed E-state index contributed by atoms with van der Waals surface area (Å²) < 4.78 is 26.2. The molecule has 1 aromatic carbocycles. The fourth-order valence-electron chi connectivity index (χ4n) is 1.98. The summed E-state index contributed by atoms with van der Waals surface area (Å²) in [5, 5.41) is 11.3. The minimum absolute atomic E-state index is 0.0462. The molecular weight excluding hydrogens is 332 g/mol. The van der Waals surface area contributed by atoms with Gasteiger partial charge in [0.25, 0.3) is 5.91 Å². The predicted molar refractivity (Wildman–Crippen MR) is 90.3 cm³/mol. The molecule has 0 bridgehead atoms. The molecule has 0 aliphatic heterocycles. The van der Waals surface area contributed by atoms with Crippen molar-refractivity contribution in [3.63, 3.8) is 0 Å². The lowest BCUT2D eigenvalue weighted by Crippen LogP contribution is -2.33. The van der Waals surface area contributed by atoms with E-state index >= 15 is 0 Å². The van der Waals surface area contributed by atoms with E-state index in [4.69, 9.17) is 5.11 Å². The van der Waals surface area contributed by atoms with Gasteiger partial charge in [0.15, 0.2) is 0 Å². The Hall–Kier alpha value is -1.93. The van der Waals surface area contributed by atoms with Gasteiger partial charge in [-0.15, -0.1) is 0 Å². The molecule has 1 unspecified atom stereocenters. The Balaban J connectivity index is 2.89. The molecule has 0 spiro atoms. The third-order valence-electron chi connectivity index (χ3n) is 3.63. The Morgan fingerprint density at radius 1 is 1.25 bits per heavy atom. The lowest BCUT2D eigenvalue weighted by atomic mass is 10.1. The molecular formula is C16H24N2O5S. The van der Waals surface area contributed by atoms with Gasteiger partial charge in [0.2, 0.25) is 10.0 Å². The third kappa shape index (κ3) is 5.31. The molecule has 2 N–H and O–H groups in total. The minimum Gasteiger partial charge on any atom is -0.481 e. The number of carboxylic acid groups (broad SMARTS) is 1. The molecule has 0 radical (unpaired) electrons. The van der Waals surface area contributed by atoms with Crippen LogP contribution in [0.5, 0.6) is 0 Å². The Labute approximate surface area is 142 Å². The predicted octanol–water partition coefficient (Wildman–Crippen LogP) is 1.56. The van der Waals surface area contributed by atoms with Gasteiger partial charge in [0.05, 0.1) is 4.90 Å². The minimum atomic E-state index is -3.67. The molecule has 0 aromatic heterocycles. The standard InChI is InChI=1S/C16H24N2O5S/c1-11(2)18(4)24(22,23)14-7-5-6-13(9-14)16(21)17-10-12(3)8-15(19)20/h5-7,9,11-12H,8,10H2,1-4H3,(H,17,21)(H,19,20). The smallest absolute Gasteiger partial charge is 0.303 e. The van der Waals surface area contributed by atoms with Gasteiger partial charge in [-0.2, -0.15) is 4.31 Å². The van der Waals surface area contributed by atoms with Gasteiger partial charge in [-0.1, -0.05) is 13.0 Å². The fourth-order valence-corrected chi connectivity index (χ4v) is 3.39. The highest BCUT2D eigenvalue weighted by Gasteiger charge is 2.24. The number of nitrogens with zero attached hydrogens (tertiary/aromatic N) is 1. The zero-order valence-electron chi connectivity index (χ0n) is 14.3. The summed E-state index contributed by atoms with van der Waals surface area (Å²) in [6.07, 6.45) is -0.0477. The van der Waals surface area contributed by atoms with E-state index in [9.17, 15) is 18.0 Å². The fraction of sp³-hybridized carbons (Fsp3) is 0.500. The van der Waals surface area contributed by atoms with Crippen LogP contribution in [0.4, 0.5) is 0 Å². The van der Waals surface area contributed by atoms with Crippen molar-refractivity contribution in [2.24, 2.45) is 5.92 Å². The Kier molecular flexibility index (Phi) is 6.92. The van der Waals surface area contributed by atoms with Gasteiger partial charge in [0.1, 0.15) is 0 Å². The number of carbonyl (C=O) groups excluding carboxylic acids is 1. The van der Waals surface area contributed by atoms with E-state index in [2.05, 4.69) is 5.32 Å². The second kappa shape index (κ2) is 8.25. The molecule has 1 aromatic rings. The summed E-state index contributed by atoms with van der Waals surface area (Å²) in [6, 6.07) is 5.59. The second-order valence-electron chi connectivity index (χ2n) is 6.06. The number of hydrogen-bond acceptors (Lipinski definition) is 4. The van der Waals surface area contributed by atoms with Crippen molar-refractivity contribution in [3.05, 3.63) is 29.8 Å². The van der Waals surface area contributed by atoms with Gasteiger partial charge in [-0.05, 0) is 38.0 Å². The molecule has 0 fully saturated rings. The molecule has 24 heavy (non-hydrogen) atoms. The topological polar surface area (TPSA) is 104 Å². The first kappa shape index (κ1) is 20.1. The second-order valence-corrected chi connectivity index (χ2v) is 8.05. The molecule has 134 valence electrons. The molecule has 0 saturated carbocycles. The van der Waals surface area contributed by atoms with E-state index in [1.54, 1.807) is 20.8 Å². The third-order valence-corrected chi connectivity index (χ3v) is 5.66. The number of aliphatic carboxylic acids is 1. The first-order valence-corrected chi connectivity index (χ1v) is 9.07. The SMILES string of the molecule is CC(CNC(=O)c1cccc(S(=O)(=O)N(C)C(C)C)c1)CC(=O)O. The van der Waals surface area contributed by atoms with E-state index in [0.717, 1.165) is 0 Å². The van der Waals surface area contributed by atoms with Crippen molar-refractivity contribution >= 4 is 21.9 Å². The highest BCUT2D eigenvalue weighted by atomic mass is 32.2. The number of sulfonamides is 1. The van der Waals surface area contributed by atoms with E-state index in [1.807, 2.05) is 0 Å². The van der Waals surface area contributed by atoms with Crippen molar-refractivity contribution < 1.29 is 23.1 Å². The highest BCUT2D eigenvalue weighted by Crippen LogP contribution is 2.18. The number of benzene rings is 1. The number of hydrogen-bond donors (Lipinski definition) is 2. The first-order valence-electron chi connectivity index (χ1n) is 7.63. The normalized spacial score (nSPS) is 13.1. The van der Waals surface area contributed by atoms with Gasteiger partial charge < -0.3 is 10.4 Å². The molecule has 1 amide bonds. The molecule has 7 nitrogen and oxygen atoms in total. The zero-order chi connectivity index (χ0) is 18.5. The summed E-state index contributed by atoms with van der Waals surface area (Å²) in [6.45, 7) is 5.44. The van der Waals surface area contributed by atoms with Crippen LogP contribution in [-0.4, -0.2) is 49.3 Å². The van der Waals surface area contributed by atoms with E-state index in [0.29, 0.717) is 0 Å². The van der Waals surface area contributed by atoms with Crippen LogP contribution in [0.1, 0.15) is 37.6 Å². The van der Waals surface area contributed by atoms with Crippen molar-refractivity contribution in [3.8, 4) is 0 Å². The summed E-state index contributed by atoms with van der Waals surface area (Å²) in [5.41, 5.74) is 0.218. The summed E-state index contributed by atoms with van der Waals surface area (Å²) in [7, 11) is -2.18. The van der Waals surface area contributed by atoms with Crippen molar-refractivity contribution in [1.82, 2.24) is 9.62 Å².